The highest BCUT2D eigenvalue weighted by atomic mass is 35.5. The Kier molecular flexibility index (Phi) is 3.79. The van der Waals surface area contributed by atoms with Gasteiger partial charge in [-0.25, -0.2) is 9.37 Å². The number of nitrogens with zero attached hydrogens (tertiary/aromatic N) is 1. The van der Waals surface area contributed by atoms with Crippen LogP contribution in [-0.4, -0.2) is 4.98 Å². The lowest BCUT2D eigenvalue weighted by molar-refractivity contribution is 0.427. The topological polar surface area (TPSA) is 48.1 Å². The van der Waals surface area contributed by atoms with E-state index in [0.29, 0.717) is 10.9 Å². The van der Waals surface area contributed by atoms with E-state index in [-0.39, 0.29) is 11.8 Å². The average Bonchev–Trinajstić information content (AvgIpc) is 2.33. The summed E-state index contributed by atoms with van der Waals surface area (Å²) in [5.41, 5.74) is 6.59. The molecule has 94 valence electrons. The van der Waals surface area contributed by atoms with Crippen molar-refractivity contribution in [2.45, 2.75) is 13.0 Å². The van der Waals surface area contributed by atoms with Gasteiger partial charge in [-0.1, -0.05) is 17.7 Å². The number of pyridine rings is 1. The number of hydrogen-bond acceptors (Lipinski definition) is 3. The van der Waals surface area contributed by atoms with Gasteiger partial charge in [-0.2, -0.15) is 0 Å². The molecule has 1 aromatic heterocycles. The minimum absolute atomic E-state index is 0.0837. The van der Waals surface area contributed by atoms with Gasteiger partial charge < -0.3 is 10.5 Å². The summed E-state index contributed by atoms with van der Waals surface area (Å²) in [7, 11) is 0. The lowest BCUT2D eigenvalue weighted by atomic mass is 10.2. The Labute approximate surface area is 109 Å². The van der Waals surface area contributed by atoms with Crippen LogP contribution in [0.25, 0.3) is 0 Å². The van der Waals surface area contributed by atoms with E-state index >= 15 is 0 Å². The van der Waals surface area contributed by atoms with Gasteiger partial charge in [0.25, 0.3) is 0 Å². The van der Waals surface area contributed by atoms with Crippen molar-refractivity contribution in [2.24, 2.45) is 5.73 Å². The zero-order valence-corrected chi connectivity index (χ0v) is 10.5. The van der Waals surface area contributed by atoms with E-state index < -0.39 is 5.82 Å². The third-order valence-electron chi connectivity index (χ3n) is 2.39. The second-order valence-electron chi connectivity index (χ2n) is 3.90. The minimum atomic E-state index is -0.527. The van der Waals surface area contributed by atoms with Crippen LogP contribution < -0.4 is 10.5 Å². The molecule has 0 radical (unpaired) electrons. The molecule has 1 aromatic carbocycles. The first-order valence-corrected chi connectivity index (χ1v) is 5.78. The SMILES string of the molecule is C[C@H](N)c1ccc(Oc2ccc(Cl)cc2F)nc1. The fraction of sp³-hybridized carbons (Fsp3) is 0.154. The van der Waals surface area contributed by atoms with Crippen LogP contribution >= 0.6 is 11.6 Å². The highest BCUT2D eigenvalue weighted by Crippen LogP contribution is 2.25. The fourth-order valence-corrected chi connectivity index (χ4v) is 1.55. The van der Waals surface area contributed by atoms with E-state index in [1.54, 1.807) is 24.4 Å². The zero-order chi connectivity index (χ0) is 13.1. The maximum absolute atomic E-state index is 13.5. The summed E-state index contributed by atoms with van der Waals surface area (Å²) in [5, 5.41) is 0.320. The van der Waals surface area contributed by atoms with Crippen LogP contribution in [0.2, 0.25) is 5.02 Å². The van der Waals surface area contributed by atoms with Crippen molar-refractivity contribution in [3.8, 4) is 11.6 Å². The van der Waals surface area contributed by atoms with Gasteiger partial charge >= 0.3 is 0 Å². The molecule has 3 nitrogen and oxygen atoms in total. The molecule has 0 spiro atoms. The summed E-state index contributed by atoms with van der Waals surface area (Å²) < 4.78 is 18.8. The lowest BCUT2D eigenvalue weighted by Crippen LogP contribution is -2.05. The van der Waals surface area contributed by atoms with Crippen molar-refractivity contribution in [1.82, 2.24) is 4.98 Å². The highest BCUT2D eigenvalue weighted by Gasteiger charge is 2.07. The van der Waals surface area contributed by atoms with E-state index in [1.165, 1.54) is 12.1 Å². The second-order valence-corrected chi connectivity index (χ2v) is 4.33. The molecule has 0 aliphatic rings. The van der Waals surface area contributed by atoms with Crippen LogP contribution in [0.3, 0.4) is 0 Å². The molecule has 0 fully saturated rings. The summed E-state index contributed by atoms with van der Waals surface area (Å²) in [4.78, 5) is 4.06. The molecule has 2 rings (SSSR count). The van der Waals surface area contributed by atoms with Crippen LogP contribution in [0, 0.1) is 5.82 Å². The van der Waals surface area contributed by atoms with Gasteiger partial charge in [-0.3, -0.25) is 0 Å². The predicted octanol–water partition coefficient (Wildman–Crippen LogP) is 3.69. The summed E-state index contributed by atoms with van der Waals surface area (Å²) in [5.74, 6) is -0.137. The van der Waals surface area contributed by atoms with Crippen LogP contribution in [0.5, 0.6) is 11.6 Å². The van der Waals surface area contributed by atoms with Gasteiger partial charge in [0.15, 0.2) is 11.6 Å². The number of rotatable bonds is 3. The molecular formula is C13H12ClFN2O. The smallest absolute Gasteiger partial charge is 0.219 e. The van der Waals surface area contributed by atoms with Crippen molar-refractivity contribution in [2.75, 3.05) is 0 Å². The molecule has 0 aliphatic heterocycles. The zero-order valence-electron chi connectivity index (χ0n) is 9.73. The molecule has 0 bridgehead atoms. The molecule has 0 unspecified atom stereocenters. The lowest BCUT2D eigenvalue weighted by Gasteiger charge is -2.08. The van der Waals surface area contributed by atoms with Crippen molar-refractivity contribution < 1.29 is 9.13 Å². The van der Waals surface area contributed by atoms with E-state index in [4.69, 9.17) is 22.1 Å². The number of aromatic nitrogens is 1. The van der Waals surface area contributed by atoms with Gasteiger partial charge in [0.1, 0.15) is 0 Å². The normalized spacial score (nSPS) is 12.2. The summed E-state index contributed by atoms with van der Waals surface area (Å²) in [6, 6.07) is 7.54. The maximum atomic E-state index is 13.5. The second kappa shape index (κ2) is 5.33. The van der Waals surface area contributed by atoms with E-state index in [1.807, 2.05) is 6.92 Å². The Bertz CT molecular complexity index is 543. The third-order valence-corrected chi connectivity index (χ3v) is 2.63. The van der Waals surface area contributed by atoms with Crippen molar-refractivity contribution >= 4 is 11.6 Å². The minimum Gasteiger partial charge on any atom is -0.436 e. The van der Waals surface area contributed by atoms with Crippen molar-refractivity contribution in [3.05, 3.63) is 52.9 Å². The van der Waals surface area contributed by atoms with Crippen LogP contribution in [-0.2, 0) is 0 Å². The molecule has 2 aromatic rings. The standard InChI is InChI=1S/C13H12ClFN2O/c1-8(16)9-2-5-13(17-7-9)18-12-4-3-10(14)6-11(12)15/h2-8H,16H2,1H3/t8-/m0/s1. The monoisotopic (exact) mass is 266 g/mol. The highest BCUT2D eigenvalue weighted by molar-refractivity contribution is 6.30. The Morgan fingerprint density at radius 2 is 2.11 bits per heavy atom. The van der Waals surface area contributed by atoms with E-state index in [9.17, 15) is 4.39 Å². The Morgan fingerprint density at radius 3 is 2.67 bits per heavy atom. The molecule has 18 heavy (non-hydrogen) atoms. The largest absolute Gasteiger partial charge is 0.436 e. The average molecular weight is 267 g/mol. The van der Waals surface area contributed by atoms with Crippen LogP contribution in [0.15, 0.2) is 36.5 Å². The molecule has 0 saturated heterocycles. The first kappa shape index (κ1) is 12.8. The van der Waals surface area contributed by atoms with Crippen molar-refractivity contribution in [3.63, 3.8) is 0 Å². The van der Waals surface area contributed by atoms with E-state index in [0.717, 1.165) is 5.56 Å². The van der Waals surface area contributed by atoms with Gasteiger partial charge in [-0.15, -0.1) is 0 Å². The molecule has 1 heterocycles. The maximum Gasteiger partial charge on any atom is 0.219 e. The van der Waals surface area contributed by atoms with Crippen LogP contribution in [0.4, 0.5) is 4.39 Å². The summed E-state index contributed by atoms with van der Waals surface area (Å²) in [6.45, 7) is 1.86. The molecule has 1 atom stereocenters. The molecule has 0 saturated carbocycles. The molecule has 0 amide bonds. The number of nitrogens with two attached hydrogens (primary N) is 1. The van der Waals surface area contributed by atoms with Gasteiger partial charge in [0.05, 0.1) is 0 Å². The first-order chi connectivity index (χ1) is 8.56. The Morgan fingerprint density at radius 1 is 1.33 bits per heavy atom. The molecule has 5 heteroatoms. The Hall–Kier alpha value is -1.65. The summed E-state index contributed by atoms with van der Waals surface area (Å²) >= 11 is 5.65. The van der Waals surface area contributed by atoms with Crippen LogP contribution in [0.1, 0.15) is 18.5 Å². The molecular weight excluding hydrogens is 255 g/mol. The summed E-state index contributed by atoms with van der Waals surface area (Å²) in [6.07, 6.45) is 1.60. The quantitative estimate of drug-likeness (QED) is 0.922. The number of ether oxygens (including phenoxy) is 1. The molecule has 0 aliphatic carbocycles. The number of halogens is 2. The number of benzene rings is 1. The third kappa shape index (κ3) is 2.97. The first-order valence-electron chi connectivity index (χ1n) is 5.40. The number of hydrogen-bond donors (Lipinski definition) is 1. The van der Waals surface area contributed by atoms with Crippen molar-refractivity contribution in [1.29, 1.82) is 0 Å². The van der Waals surface area contributed by atoms with Gasteiger partial charge in [-0.05, 0) is 30.7 Å². The van der Waals surface area contributed by atoms with Gasteiger partial charge in [0.2, 0.25) is 5.88 Å². The van der Waals surface area contributed by atoms with Gasteiger partial charge in [0, 0.05) is 23.3 Å². The Balaban J connectivity index is 2.18. The fourth-order valence-electron chi connectivity index (χ4n) is 1.39. The molecule has 2 N–H and O–H groups in total. The predicted molar refractivity (Wildman–Crippen MR) is 68.3 cm³/mol. The van der Waals surface area contributed by atoms with E-state index in [2.05, 4.69) is 4.98 Å².